The Bertz CT molecular complexity index is 1500. The number of halogens is 1. The van der Waals surface area contributed by atoms with Crippen LogP contribution in [0.4, 0.5) is 11.6 Å². The molecule has 15 nitrogen and oxygen atoms in total. The number of benzene rings is 1. The van der Waals surface area contributed by atoms with E-state index in [1.165, 1.54) is 14.2 Å². The zero-order valence-corrected chi connectivity index (χ0v) is 23.6. The number of hydrogen-bond acceptors (Lipinski definition) is 11. The molecule has 1 aromatic carbocycles. The second kappa shape index (κ2) is 11.9. The number of hydrogen-bond donors (Lipinski definition) is 4. The lowest BCUT2D eigenvalue weighted by Crippen LogP contribution is -2.53. The van der Waals surface area contributed by atoms with E-state index in [9.17, 15) is 9.59 Å². The number of rotatable bonds is 7. The highest BCUT2D eigenvalue weighted by atomic mass is 35.5. The number of carbonyl (C=O) groups excluding carboxylic acids is 2. The summed E-state index contributed by atoms with van der Waals surface area (Å²) in [4.78, 5) is 47.8. The fraction of sp³-hybridized carbons (Fsp3) is 0.346. The van der Waals surface area contributed by atoms with Gasteiger partial charge in [-0.2, -0.15) is 15.0 Å². The summed E-state index contributed by atoms with van der Waals surface area (Å²) in [5.74, 6) is 0.980. The largest absolute Gasteiger partial charge is 0.486 e. The van der Waals surface area contributed by atoms with E-state index >= 15 is 0 Å². The molecule has 0 saturated carbocycles. The topological polar surface area (TPSA) is 205 Å². The number of nitrogen functional groups attached to an aromatic ring is 2. The second-order valence-electron chi connectivity index (χ2n) is 9.63. The molecule has 0 radical (unpaired) electrons. The third-order valence-corrected chi connectivity index (χ3v) is 7.20. The minimum absolute atomic E-state index is 0.0686. The number of likely N-dealkylation sites (tertiary alicyclic amines) is 1. The molecular formula is C26H29ClN10O5. The standard InChI is InChI=1S/C26H29ClN10O5/c1-40-17-11-18(41-2)32-16(31-17)12-42-15-5-3-14(4-6-15)24(39)37-9-7-26(8-10-37)13-30-25(36-26)35-23(38)19-21(28)34-22(29)20(27)33-19/h3-6,11H,7-10,12-13H2,1-2H3,(H4,28,29,34)(H2,30,35,36,38). The van der Waals surface area contributed by atoms with Gasteiger partial charge in [-0.3, -0.25) is 9.59 Å². The first-order valence-electron chi connectivity index (χ1n) is 12.9. The molecule has 2 fully saturated rings. The molecule has 220 valence electrons. The van der Waals surface area contributed by atoms with Crippen molar-refractivity contribution in [1.82, 2.24) is 35.5 Å². The summed E-state index contributed by atoms with van der Waals surface area (Å²) >= 11 is 5.87. The van der Waals surface area contributed by atoms with Gasteiger partial charge >= 0.3 is 5.91 Å². The highest BCUT2D eigenvalue weighted by Crippen LogP contribution is 2.26. The van der Waals surface area contributed by atoms with Crippen LogP contribution in [0, 0.1) is 0 Å². The van der Waals surface area contributed by atoms with E-state index in [0.717, 1.165) is 0 Å². The van der Waals surface area contributed by atoms with Gasteiger partial charge in [-0.25, -0.2) is 9.97 Å². The summed E-state index contributed by atoms with van der Waals surface area (Å²) in [7, 11) is 3.01. The second-order valence-corrected chi connectivity index (χ2v) is 9.99. The van der Waals surface area contributed by atoms with Crippen molar-refractivity contribution >= 4 is 41.0 Å². The predicted octanol–water partition coefficient (Wildman–Crippen LogP) is 1.04. The average Bonchev–Trinajstić information content (AvgIpc) is 3.39. The molecule has 0 unspecified atom stereocenters. The molecule has 42 heavy (non-hydrogen) atoms. The number of aromatic nitrogens is 4. The van der Waals surface area contributed by atoms with Crippen LogP contribution in [0.1, 0.15) is 39.5 Å². The number of ether oxygens (including phenoxy) is 3. The number of methoxy groups -OCH3 is 2. The summed E-state index contributed by atoms with van der Waals surface area (Å²) in [6.07, 6.45) is 1.31. The van der Waals surface area contributed by atoms with Gasteiger partial charge < -0.3 is 41.2 Å². The Morgan fingerprint density at radius 2 is 1.69 bits per heavy atom. The maximum absolute atomic E-state index is 13.2. The Balaban J connectivity index is 1.14. The van der Waals surface area contributed by atoms with E-state index in [1.54, 1.807) is 35.2 Å². The van der Waals surface area contributed by atoms with Gasteiger partial charge in [-0.15, -0.1) is 0 Å². The SMILES string of the molecule is COc1cc(OC)nc(COc2ccc(C(=O)N3CCC4(CC3)CN/C(=N\C(=O)c3nc(Cl)c(N)nc3N)N4)cc2)n1. The van der Waals surface area contributed by atoms with Crippen molar-refractivity contribution in [1.29, 1.82) is 0 Å². The maximum atomic E-state index is 13.2. The van der Waals surface area contributed by atoms with Gasteiger partial charge in [-0.05, 0) is 37.1 Å². The van der Waals surface area contributed by atoms with Gasteiger partial charge in [0.15, 0.2) is 34.3 Å². The van der Waals surface area contributed by atoms with Crippen LogP contribution in [0.2, 0.25) is 5.15 Å². The van der Waals surface area contributed by atoms with Gasteiger partial charge in [0, 0.05) is 25.2 Å². The fourth-order valence-corrected chi connectivity index (χ4v) is 4.73. The van der Waals surface area contributed by atoms with Crippen LogP contribution in [0.15, 0.2) is 35.3 Å². The first-order valence-corrected chi connectivity index (χ1v) is 13.3. The van der Waals surface area contributed by atoms with Crippen LogP contribution in [0.25, 0.3) is 0 Å². The summed E-state index contributed by atoms with van der Waals surface area (Å²) in [5, 5.41) is 6.28. The lowest BCUT2D eigenvalue weighted by Gasteiger charge is -2.38. The lowest BCUT2D eigenvalue weighted by atomic mass is 9.88. The van der Waals surface area contributed by atoms with Crippen molar-refractivity contribution in [3.8, 4) is 17.5 Å². The van der Waals surface area contributed by atoms with Crippen molar-refractivity contribution in [2.24, 2.45) is 4.99 Å². The molecule has 2 saturated heterocycles. The Labute approximate surface area is 245 Å². The molecule has 2 aliphatic heterocycles. The third-order valence-electron chi connectivity index (χ3n) is 6.92. The summed E-state index contributed by atoms with van der Waals surface area (Å²) < 4.78 is 16.1. The van der Waals surface area contributed by atoms with Crippen LogP contribution < -0.4 is 36.3 Å². The van der Waals surface area contributed by atoms with Gasteiger partial charge in [-0.1, -0.05) is 11.6 Å². The number of guanidine groups is 1. The van der Waals surface area contributed by atoms with Gasteiger partial charge in [0.25, 0.3) is 5.91 Å². The van der Waals surface area contributed by atoms with E-state index in [4.69, 9.17) is 37.3 Å². The Morgan fingerprint density at radius 1 is 1.02 bits per heavy atom. The zero-order valence-electron chi connectivity index (χ0n) is 22.9. The first-order chi connectivity index (χ1) is 20.2. The van der Waals surface area contributed by atoms with E-state index in [1.807, 2.05) is 0 Å². The van der Waals surface area contributed by atoms with Crippen molar-refractivity contribution in [2.75, 3.05) is 45.3 Å². The summed E-state index contributed by atoms with van der Waals surface area (Å²) in [6, 6.07) is 8.47. The molecule has 2 amide bonds. The smallest absolute Gasteiger partial charge is 0.302 e. The third kappa shape index (κ3) is 6.20. The van der Waals surface area contributed by atoms with Crippen molar-refractivity contribution < 1.29 is 23.8 Å². The number of carbonyl (C=O) groups is 2. The molecule has 0 atom stereocenters. The van der Waals surface area contributed by atoms with Crippen LogP contribution >= 0.6 is 11.6 Å². The molecule has 6 N–H and O–H groups in total. The van der Waals surface area contributed by atoms with Crippen molar-refractivity contribution in [2.45, 2.75) is 25.0 Å². The Morgan fingerprint density at radius 3 is 2.33 bits per heavy atom. The normalized spacial score (nSPS) is 16.5. The first kappa shape index (κ1) is 28.6. The molecule has 16 heteroatoms. The monoisotopic (exact) mass is 596 g/mol. The number of amides is 2. The highest BCUT2D eigenvalue weighted by molar-refractivity contribution is 6.31. The Kier molecular flexibility index (Phi) is 8.10. The molecule has 4 heterocycles. The van der Waals surface area contributed by atoms with E-state index in [-0.39, 0.29) is 40.5 Å². The summed E-state index contributed by atoms with van der Waals surface area (Å²) in [5.41, 5.74) is 11.3. The number of piperidine rings is 1. The maximum Gasteiger partial charge on any atom is 0.302 e. The predicted molar refractivity (Wildman–Crippen MR) is 153 cm³/mol. The molecule has 5 rings (SSSR count). The minimum Gasteiger partial charge on any atom is -0.486 e. The molecule has 2 aliphatic rings. The van der Waals surface area contributed by atoms with E-state index in [2.05, 4.69) is 35.6 Å². The zero-order chi connectivity index (χ0) is 29.9. The molecule has 3 aromatic rings. The number of nitrogens with zero attached hydrogens (tertiary/aromatic N) is 6. The molecule has 1 spiro atoms. The van der Waals surface area contributed by atoms with Gasteiger partial charge in [0.1, 0.15) is 12.4 Å². The summed E-state index contributed by atoms with van der Waals surface area (Å²) in [6.45, 7) is 1.68. The molecular weight excluding hydrogens is 568 g/mol. The number of anilines is 2. The highest BCUT2D eigenvalue weighted by Gasteiger charge is 2.41. The van der Waals surface area contributed by atoms with Crippen LogP contribution in [-0.4, -0.2) is 82.0 Å². The molecule has 0 aliphatic carbocycles. The van der Waals surface area contributed by atoms with Crippen LogP contribution in [-0.2, 0) is 6.61 Å². The number of nitrogens with one attached hydrogen (secondary N) is 2. The number of nitrogens with two attached hydrogens (primary N) is 2. The van der Waals surface area contributed by atoms with Crippen LogP contribution in [0.5, 0.6) is 17.5 Å². The van der Waals surface area contributed by atoms with Crippen molar-refractivity contribution in [3.05, 3.63) is 52.6 Å². The van der Waals surface area contributed by atoms with Gasteiger partial charge in [0.05, 0.1) is 25.8 Å². The van der Waals surface area contributed by atoms with E-state index in [0.29, 0.717) is 67.3 Å². The number of aliphatic imine (C=N–C) groups is 1. The molecule has 0 bridgehead atoms. The van der Waals surface area contributed by atoms with Gasteiger partial charge in [0.2, 0.25) is 11.8 Å². The fourth-order valence-electron chi connectivity index (χ4n) is 4.60. The van der Waals surface area contributed by atoms with Crippen LogP contribution in [0.3, 0.4) is 0 Å². The minimum atomic E-state index is -0.704. The van der Waals surface area contributed by atoms with E-state index < -0.39 is 5.91 Å². The molecule has 2 aromatic heterocycles. The average molecular weight is 597 g/mol. The Hall–Kier alpha value is -4.92. The quantitative estimate of drug-likeness (QED) is 0.301. The van der Waals surface area contributed by atoms with Crippen molar-refractivity contribution in [3.63, 3.8) is 0 Å². The lowest BCUT2D eigenvalue weighted by molar-refractivity contribution is 0.0669.